The Hall–Kier alpha value is -1.58. The van der Waals surface area contributed by atoms with E-state index in [4.69, 9.17) is 0 Å². The van der Waals surface area contributed by atoms with Crippen molar-refractivity contribution in [2.24, 2.45) is 0 Å². The Bertz CT molecular complexity index is 364. The van der Waals surface area contributed by atoms with Gasteiger partial charge in [0.2, 0.25) is 0 Å². The second kappa shape index (κ2) is 6.89. The van der Waals surface area contributed by atoms with E-state index in [-0.39, 0.29) is 11.8 Å². The molecule has 1 aromatic carbocycles. The maximum atomic E-state index is 13.3. The molecule has 1 N–H and O–H groups in total. The summed E-state index contributed by atoms with van der Waals surface area (Å²) >= 11 is 0. The molecule has 0 saturated heterocycles. The number of urea groups is 1. The molecule has 94 valence electrons. The monoisotopic (exact) mass is 238 g/mol. The van der Waals surface area contributed by atoms with Gasteiger partial charge in [0.05, 0.1) is 0 Å². The van der Waals surface area contributed by atoms with Crippen molar-refractivity contribution >= 4 is 6.03 Å². The maximum Gasteiger partial charge on any atom is 0.317 e. The van der Waals surface area contributed by atoms with Gasteiger partial charge in [0.1, 0.15) is 5.82 Å². The summed E-state index contributed by atoms with van der Waals surface area (Å²) in [6, 6.07) is 6.53. The first-order chi connectivity index (χ1) is 8.19. The minimum absolute atomic E-state index is 0.0914. The van der Waals surface area contributed by atoms with E-state index in [0.29, 0.717) is 31.6 Å². The lowest BCUT2D eigenvalue weighted by Crippen LogP contribution is -2.40. The fourth-order valence-electron chi connectivity index (χ4n) is 1.63. The second-order valence-electron chi connectivity index (χ2n) is 3.75. The summed E-state index contributed by atoms with van der Waals surface area (Å²) in [5, 5.41) is 2.78. The number of rotatable bonds is 5. The number of halogens is 1. The zero-order valence-electron chi connectivity index (χ0n) is 10.4. The van der Waals surface area contributed by atoms with Gasteiger partial charge in [-0.15, -0.1) is 0 Å². The van der Waals surface area contributed by atoms with Crippen LogP contribution in [0.5, 0.6) is 0 Å². The largest absolute Gasteiger partial charge is 0.338 e. The van der Waals surface area contributed by atoms with Crippen LogP contribution >= 0.6 is 0 Å². The molecule has 4 heteroatoms. The third kappa shape index (κ3) is 4.06. The first-order valence-corrected chi connectivity index (χ1v) is 5.95. The van der Waals surface area contributed by atoms with Gasteiger partial charge in [-0.2, -0.15) is 0 Å². The van der Waals surface area contributed by atoms with Crippen LogP contribution in [0.4, 0.5) is 9.18 Å². The van der Waals surface area contributed by atoms with E-state index >= 15 is 0 Å². The van der Waals surface area contributed by atoms with E-state index in [0.717, 1.165) is 0 Å². The highest BCUT2D eigenvalue weighted by Crippen LogP contribution is 2.06. The van der Waals surface area contributed by atoms with E-state index < -0.39 is 0 Å². The van der Waals surface area contributed by atoms with Crippen molar-refractivity contribution in [1.29, 1.82) is 0 Å². The summed E-state index contributed by atoms with van der Waals surface area (Å²) in [4.78, 5) is 13.3. The van der Waals surface area contributed by atoms with E-state index in [9.17, 15) is 9.18 Å². The van der Waals surface area contributed by atoms with Gasteiger partial charge in [-0.25, -0.2) is 9.18 Å². The summed E-state index contributed by atoms with van der Waals surface area (Å²) in [6.07, 6.45) is 0.514. The Kier molecular flexibility index (Phi) is 5.46. The fraction of sp³-hybridized carbons (Fsp3) is 0.462. The van der Waals surface area contributed by atoms with Gasteiger partial charge in [-0.05, 0) is 31.9 Å². The third-order valence-electron chi connectivity index (χ3n) is 2.68. The molecule has 0 aliphatic heterocycles. The zero-order valence-corrected chi connectivity index (χ0v) is 10.4. The van der Waals surface area contributed by atoms with Gasteiger partial charge in [-0.3, -0.25) is 0 Å². The van der Waals surface area contributed by atoms with Crippen LogP contribution < -0.4 is 5.32 Å². The molecule has 0 aliphatic carbocycles. The lowest BCUT2D eigenvalue weighted by atomic mass is 10.1. The third-order valence-corrected chi connectivity index (χ3v) is 2.68. The Morgan fingerprint density at radius 1 is 1.29 bits per heavy atom. The number of hydrogen-bond acceptors (Lipinski definition) is 1. The van der Waals surface area contributed by atoms with Crippen LogP contribution in [0.2, 0.25) is 0 Å². The average molecular weight is 238 g/mol. The van der Waals surface area contributed by atoms with Crippen LogP contribution in [0.25, 0.3) is 0 Å². The standard InChI is InChI=1S/C13H19FN2O/c1-3-16(4-2)13(17)15-10-9-11-7-5-6-8-12(11)14/h5-8H,3-4,9-10H2,1-2H3,(H,15,17). The predicted molar refractivity (Wildman–Crippen MR) is 66.4 cm³/mol. The predicted octanol–water partition coefficient (Wildman–Crippen LogP) is 2.42. The molecule has 17 heavy (non-hydrogen) atoms. The van der Waals surface area contributed by atoms with Gasteiger partial charge >= 0.3 is 6.03 Å². The second-order valence-corrected chi connectivity index (χ2v) is 3.75. The van der Waals surface area contributed by atoms with Crippen molar-refractivity contribution in [2.75, 3.05) is 19.6 Å². The molecule has 0 saturated carbocycles. The molecule has 0 heterocycles. The number of carbonyl (C=O) groups excluding carboxylic acids is 1. The van der Waals surface area contributed by atoms with Gasteiger partial charge in [0, 0.05) is 19.6 Å². The molecule has 2 amide bonds. The van der Waals surface area contributed by atoms with Crippen molar-refractivity contribution < 1.29 is 9.18 Å². The minimum Gasteiger partial charge on any atom is -0.338 e. The number of hydrogen-bond donors (Lipinski definition) is 1. The molecule has 0 atom stereocenters. The Morgan fingerprint density at radius 2 is 1.94 bits per heavy atom. The van der Waals surface area contributed by atoms with Crippen molar-refractivity contribution in [3.8, 4) is 0 Å². The smallest absolute Gasteiger partial charge is 0.317 e. The summed E-state index contributed by atoms with van der Waals surface area (Å²) in [5.41, 5.74) is 0.632. The molecule has 3 nitrogen and oxygen atoms in total. The van der Waals surface area contributed by atoms with Crippen LogP contribution in [-0.2, 0) is 6.42 Å². The van der Waals surface area contributed by atoms with Crippen LogP contribution in [0.1, 0.15) is 19.4 Å². The first-order valence-electron chi connectivity index (χ1n) is 5.95. The molecule has 0 fully saturated rings. The lowest BCUT2D eigenvalue weighted by molar-refractivity contribution is 0.203. The SMILES string of the molecule is CCN(CC)C(=O)NCCc1ccccc1F. The van der Waals surface area contributed by atoms with Crippen molar-refractivity contribution in [2.45, 2.75) is 20.3 Å². The van der Waals surface area contributed by atoms with Crippen LogP contribution in [0, 0.1) is 5.82 Å². The van der Waals surface area contributed by atoms with Crippen molar-refractivity contribution in [3.63, 3.8) is 0 Å². The summed E-state index contributed by atoms with van der Waals surface area (Å²) in [7, 11) is 0. The summed E-state index contributed by atoms with van der Waals surface area (Å²) in [5.74, 6) is -0.218. The molecule has 0 unspecified atom stereocenters. The van der Waals surface area contributed by atoms with Crippen LogP contribution in [0.3, 0.4) is 0 Å². The van der Waals surface area contributed by atoms with E-state index in [2.05, 4.69) is 5.32 Å². The summed E-state index contributed by atoms with van der Waals surface area (Å²) < 4.78 is 13.3. The maximum absolute atomic E-state index is 13.3. The zero-order chi connectivity index (χ0) is 12.7. The topological polar surface area (TPSA) is 32.3 Å². The highest BCUT2D eigenvalue weighted by Gasteiger charge is 2.08. The minimum atomic E-state index is -0.218. The van der Waals surface area contributed by atoms with E-state index in [1.54, 1.807) is 23.1 Å². The van der Waals surface area contributed by atoms with Gasteiger partial charge < -0.3 is 10.2 Å². The molecule has 0 spiro atoms. The van der Waals surface area contributed by atoms with Crippen LogP contribution in [0.15, 0.2) is 24.3 Å². The molecule has 1 rings (SSSR count). The highest BCUT2D eigenvalue weighted by atomic mass is 19.1. The average Bonchev–Trinajstić information content (AvgIpc) is 2.33. The fourth-order valence-corrected chi connectivity index (χ4v) is 1.63. The Labute approximate surface area is 102 Å². The first kappa shape index (κ1) is 13.5. The molecule has 0 aromatic heterocycles. The number of nitrogens with zero attached hydrogens (tertiary/aromatic N) is 1. The van der Waals surface area contributed by atoms with E-state index in [1.807, 2.05) is 13.8 Å². The molecule has 0 bridgehead atoms. The Balaban J connectivity index is 2.38. The quantitative estimate of drug-likeness (QED) is 0.839. The molecule has 0 radical (unpaired) electrons. The molecule has 0 aliphatic rings. The van der Waals surface area contributed by atoms with Crippen LogP contribution in [-0.4, -0.2) is 30.6 Å². The lowest BCUT2D eigenvalue weighted by Gasteiger charge is -2.19. The van der Waals surface area contributed by atoms with Gasteiger partial charge in [-0.1, -0.05) is 18.2 Å². The number of benzene rings is 1. The number of nitrogens with one attached hydrogen (secondary N) is 1. The highest BCUT2D eigenvalue weighted by molar-refractivity contribution is 5.74. The summed E-state index contributed by atoms with van der Waals surface area (Å²) in [6.45, 7) is 5.68. The molecular formula is C13H19FN2O. The van der Waals surface area contributed by atoms with Gasteiger partial charge in [0.15, 0.2) is 0 Å². The normalized spacial score (nSPS) is 10.1. The number of amides is 2. The number of carbonyl (C=O) groups is 1. The Morgan fingerprint density at radius 3 is 2.53 bits per heavy atom. The van der Waals surface area contributed by atoms with Gasteiger partial charge in [0.25, 0.3) is 0 Å². The van der Waals surface area contributed by atoms with Crippen molar-refractivity contribution in [1.82, 2.24) is 10.2 Å². The molecular weight excluding hydrogens is 219 g/mol. The molecule has 1 aromatic rings. The van der Waals surface area contributed by atoms with Crippen molar-refractivity contribution in [3.05, 3.63) is 35.6 Å². The van der Waals surface area contributed by atoms with E-state index in [1.165, 1.54) is 6.07 Å².